The summed E-state index contributed by atoms with van der Waals surface area (Å²) in [7, 11) is 0. The monoisotopic (exact) mass is 263 g/mol. The Bertz CT molecular complexity index is 460. The van der Waals surface area contributed by atoms with E-state index in [1.165, 1.54) is 0 Å². The molecule has 0 spiro atoms. The summed E-state index contributed by atoms with van der Waals surface area (Å²) < 4.78 is 5.90. The first-order valence-corrected chi connectivity index (χ1v) is 6.77. The van der Waals surface area contributed by atoms with Gasteiger partial charge in [-0.15, -0.1) is 0 Å². The number of carboxylic acids is 1. The molecule has 0 bridgehead atoms. The molecule has 0 heterocycles. The zero-order valence-corrected chi connectivity index (χ0v) is 11.5. The van der Waals surface area contributed by atoms with Gasteiger partial charge < -0.3 is 15.2 Å². The highest BCUT2D eigenvalue weighted by Crippen LogP contribution is 2.33. The van der Waals surface area contributed by atoms with E-state index in [0.717, 1.165) is 17.7 Å². The first-order valence-electron chi connectivity index (χ1n) is 6.77. The van der Waals surface area contributed by atoms with Crippen LogP contribution in [0, 0.1) is 6.92 Å². The zero-order valence-electron chi connectivity index (χ0n) is 11.5. The van der Waals surface area contributed by atoms with Gasteiger partial charge in [0.25, 0.3) is 0 Å². The maximum absolute atomic E-state index is 11.4. The van der Waals surface area contributed by atoms with E-state index < -0.39 is 11.5 Å². The van der Waals surface area contributed by atoms with Gasteiger partial charge in [0, 0.05) is 6.42 Å². The number of aliphatic carboxylic acids is 1. The van der Waals surface area contributed by atoms with E-state index in [4.69, 9.17) is 4.74 Å². The molecule has 2 rings (SSSR count). The van der Waals surface area contributed by atoms with Crippen LogP contribution in [0.4, 0.5) is 0 Å². The topological polar surface area (TPSA) is 58.6 Å². The van der Waals surface area contributed by atoms with E-state index in [-0.39, 0.29) is 6.10 Å². The Balaban J connectivity index is 2.03. The normalized spacial score (nSPS) is 26.3. The van der Waals surface area contributed by atoms with E-state index in [0.29, 0.717) is 19.4 Å². The fraction of sp³-hybridized carbons (Fsp3) is 0.533. The Labute approximate surface area is 113 Å². The molecule has 2 unspecified atom stereocenters. The molecule has 0 radical (unpaired) electrons. The summed E-state index contributed by atoms with van der Waals surface area (Å²) in [6.45, 7) is 4.60. The SMILES string of the molecule is CCNC1(C(=O)O)CCC(Oc2cccc(C)c2)C1. The molecule has 1 aliphatic carbocycles. The number of nitrogens with one attached hydrogen (secondary N) is 1. The van der Waals surface area contributed by atoms with Crippen molar-refractivity contribution in [3.05, 3.63) is 29.8 Å². The number of hydrogen-bond donors (Lipinski definition) is 2. The molecule has 1 aromatic rings. The van der Waals surface area contributed by atoms with Crippen molar-refractivity contribution < 1.29 is 14.6 Å². The van der Waals surface area contributed by atoms with Crippen molar-refractivity contribution in [2.75, 3.05) is 6.54 Å². The van der Waals surface area contributed by atoms with Gasteiger partial charge in [0.1, 0.15) is 17.4 Å². The predicted octanol–water partition coefficient (Wildman–Crippen LogP) is 2.36. The second-order valence-electron chi connectivity index (χ2n) is 5.22. The Kier molecular flexibility index (Phi) is 4.10. The lowest BCUT2D eigenvalue weighted by Crippen LogP contribution is -2.50. The molecule has 2 N–H and O–H groups in total. The second kappa shape index (κ2) is 5.61. The lowest BCUT2D eigenvalue weighted by atomic mass is 9.98. The standard InChI is InChI=1S/C15H21NO3/c1-3-16-15(14(17)18)8-7-13(10-15)19-12-6-4-5-11(2)9-12/h4-6,9,13,16H,3,7-8,10H2,1-2H3,(H,17,18). The minimum atomic E-state index is -0.816. The molecular formula is C15H21NO3. The van der Waals surface area contributed by atoms with Gasteiger partial charge in [-0.3, -0.25) is 4.79 Å². The third-order valence-corrected chi connectivity index (χ3v) is 3.69. The summed E-state index contributed by atoms with van der Waals surface area (Å²) in [5, 5.41) is 12.5. The molecule has 19 heavy (non-hydrogen) atoms. The molecule has 1 aliphatic rings. The Hall–Kier alpha value is -1.55. The average Bonchev–Trinajstić information content (AvgIpc) is 2.74. The van der Waals surface area contributed by atoms with Crippen molar-refractivity contribution in [1.29, 1.82) is 0 Å². The number of aryl methyl sites for hydroxylation is 1. The van der Waals surface area contributed by atoms with Crippen molar-refractivity contribution in [1.82, 2.24) is 5.32 Å². The fourth-order valence-corrected chi connectivity index (χ4v) is 2.75. The lowest BCUT2D eigenvalue weighted by Gasteiger charge is -2.25. The third-order valence-electron chi connectivity index (χ3n) is 3.69. The molecule has 0 aromatic heterocycles. The minimum Gasteiger partial charge on any atom is -0.490 e. The maximum Gasteiger partial charge on any atom is 0.324 e. The lowest BCUT2D eigenvalue weighted by molar-refractivity contribution is -0.144. The van der Waals surface area contributed by atoms with Crippen LogP contribution in [0.25, 0.3) is 0 Å². The first-order chi connectivity index (χ1) is 9.05. The zero-order chi connectivity index (χ0) is 13.9. The number of rotatable bonds is 5. The van der Waals surface area contributed by atoms with Gasteiger partial charge in [-0.25, -0.2) is 0 Å². The number of likely N-dealkylation sites (N-methyl/N-ethyl adjacent to an activating group) is 1. The summed E-state index contributed by atoms with van der Waals surface area (Å²) in [5.41, 5.74) is 0.329. The van der Waals surface area contributed by atoms with Gasteiger partial charge in [-0.1, -0.05) is 19.1 Å². The van der Waals surface area contributed by atoms with Crippen LogP contribution in [-0.2, 0) is 4.79 Å². The van der Waals surface area contributed by atoms with Gasteiger partial charge in [0.2, 0.25) is 0 Å². The second-order valence-corrected chi connectivity index (χ2v) is 5.22. The molecule has 4 nitrogen and oxygen atoms in total. The van der Waals surface area contributed by atoms with E-state index in [1.807, 2.05) is 38.1 Å². The van der Waals surface area contributed by atoms with Gasteiger partial charge in [-0.2, -0.15) is 0 Å². The molecule has 104 valence electrons. The number of ether oxygens (including phenoxy) is 1. The molecule has 1 fully saturated rings. The maximum atomic E-state index is 11.4. The van der Waals surface area contributed by atoms with Gasteiger partial charge >= 0.3 is 5.97 Å². The highest BCUT2D eigenvalue weighted by molar-refractivity contribution is 5.79. The first kappa shape index (κ1) is 13.9. The smallest absolute Gasteiger partial charge is 0.324 e. The number of benzene rings is 1. The van der Waals surface area contributed by atoms with Crippen LogP contribution in [0.15, 0.2) is 24.3 Å². The molecule has 0 saturated heterocycles. The number of carbonyl (C=O) groups is 1. The Morgan fingerprint density at radius 2 is 2.37 bits per heavy atom. The van der Waals surface area contributed by atoms with Gasteiger partial charge in [0.15, 0.2) is 0 Å². The highest BCUT2D eigenvalue weighted by Gasteiger charge is 2.45. The number of hydrogen-bond acceptors (Lipinski definition) is 3. The molecule has 1 aromatic carbocycles. The molecule has 0 amide bonds. The van der Waals surface area contributed by atoms with E-state index in [9.17, 15) is 9.90 Å². The predicted molar refractivity (Wildman–Crippen MR) is 73.5 cm³/mol. The largest absolute Gasteiger partial charge is 0.490 e. The quantitative estimate of drug-likeness (QED) is 0.856. The van der Waals surface area contributed by atoms with Crippen molar-refractivity contribution >= 4 is 5.97 Å². The van der Waals surface area contributed by atoms with Crippen LogP contribution in [-0.4, -0.2) is 29.3 Å². The van der Waals surface area contributed by atoms with Gasteiger partial charge in [-0.05, 0) is 44.0 Å². The van der Waals surface area contributed by atoms with Crippen molar-refractivity contribution in [2.24, 2.45) is 0 Å². The Morgan fingerprint density at radius 3 is 3.00 bits per heavy atom. The van der Waals surface area contributed by atoms with Crippen LogP contribution in [0.2, 0.25) is 0 Å². The molecule has 2 atom stereocenters. The van der Waals surface area contributed by atoms with Crippen LogP contribution < -0.4 is 10.1 Å². The summed E-state index contributed by atoms with van der Waals surface area (Å²) in [6, 6.07) is 7.87. The van der Waals surface area contributed by atoms with E-state index >= 15 is 0 Å². The van der Waals surface area contributed by atoms with E-state index in [1.54, 1.807) is 0 Å². The van der Waals surface area contributed by atoms with Gasteiger partial charge in [0.05, 0.1) is 0 Å². The Morgan fingerprint density at radius 1 is 1.58 bits per heavy atom. The minimum absolute atomic E-state index is 0.0306. The van der Waals surface area contributed by atoms with Crippen molar-refractivity contribution in [3.8, 4) is 5.75 Å². The summed E-state index contributed by atoms with van der Waals surface area (Å²) >= 11 is 0. The fourth-order valence-electron chi connectivity index (χ4n) is 2.75. The van der Waals surface area contributed by atoms with E-state index in [2.05, 4.69) is 5.32 Å². The van der Waals surface area contributed by atoms with Crippen LogP contribution in [0.5, 0.6) is 5.75 Å². The highest BCUT2D eigenvalue weighted by atomic mass is 16.5. The summed E-state index contributed by atoms with van der Waals surface area (Å²) in [5.74, 6) is 0.0485. The molecule has 1 saturated carbocycles. The third kappa shape index (κ3) is 3.07. The van der Waals surface area contributed by atoms with Crippen LogP contribution >= 0.6 is 0 Å². The summed E-state index contributed by atoms with van der Waals surface area (Å²) in [4.78, 5) is 11.4. The molecular weight excluding hydrogens is 242 g/mol. The average molecular weight is 263 g/mol. The molecule has 0 aliphatic heterocycles. The molecule has 4 heteroatoms. The van der Waals surface area contributed by atoms with Crippen LogP contribution in [0.1, 0.15) is 31.7 Å². The van der Waals surface area contributed by atoms with Crippen molar-refractivity contribution in [2.45, 2.75) is 44.8 Å². The summed E-state index contributed by atoms with van der Waals surface area (Å²) in [6.07, 6.45) is 1.88. The number of carboxylic acid groups (broad SMARTS) is 1. The van der Waals surface area contributed by atoms with Crippen molar-refractivity contribution in [3.63, 3.8) is 0 Å². The van der Waals surface area contributed by atoms with Crippen LogP contribution in [0.3, 0.4) is 0 Å².